The lowest BCUT2D eigenvalue weighted by molar-refractivity contribution is -0.152. The first kappa shape index (κ1) is 14.5. The molecule has 3 nitrogen and oxygen atoms in total. The summed E-state index contributed by atoms with van der Waals surface area (Å²) in [5.41, 5.74) is 0. The Kier molecular flexibility index (Phi) is 5.44. The normalized spacial score (nSPS) is 32.2. The average molecular weight is 241 g/mol. The molecule has 0 N–H and O–H groups in total. The molecule has 0 aromatic carbocycles. The molecule has 4 unspecified atom stereocenters. The summed E-state index contributed by atoms with van der Waals surface area (Å²) in [5, 5.41) is 0. The predicted molar refractivity (Wildman–Crippen MR) is 69.8 cm³/mol. The Labute approximate surface area is 106 Å². The van der Waals surface area contributed by atoms with Crippen molar-refractivity contribution in [1.82, 2.24) is 4.90 Å². The van der Waals surface area contributed by atoms with Crippen molar-refractivity contribution < 1.29 is 9.53 Å². The summed E-state index contributed by atoms with van der Waals surface area (Å²) in [4.78, 5) is 14.3. The molecule has 1 heterocycles. The molecule has 3 heteroatoms. The monoisotopic (exact) mass is 241 g/mol. The van der Waals surface area contributed by atoms with Gasteiger partial charge in [0.15, 0.2) is 0 Å². The highest BCUT2D eigenvalue weighted by molar-refractivity contribution is 5.75. The van der Waals surface area contributed by atoms with Crippen LogP contribution in [0.5, 0.6) is 0 Å². The molecule has 1 aliphatic heterocycles. The number of esters is 1. The lowest BCUT2D eigenvalue weighted by atomic mass is 9.84. The minimum atomic E-state index is -0.0600. The van der Waals surface area contributed by atoms with E-state index in [9.17, 15) is 4.79 Å². The molecule has 0 aromatic heterocycles. The number of carbonyl (C=O) groups excluding carboxylic acids is 1. The van der Waals surface area contributed by atoms with E-state index in [-0.39, 0.29) is 12.0 Å². The maximum atomic E-state index is 12.0. The van der Waals surface area contributed by atoms with Gasteiger partial charge in [0.25, 0.3) is 0 Å². The van der Waals surface area contributed by atoms with Crippen LogP contribution in [0.15, 0.2) is 0 Å². The Morgan fingerprint density at radius 3 is 2.53 bits per heavy atom. The second kappa shape index (κ2) is 6.39. The minimum Gasteiger partial charge on any atom is -0.465 e. The van der Waals surface area contributed by atoms with Crippen LogP contribution in [0.3, 0.4) is 0 Å². The first-order valence-corrected chi connectivity index (χ1v) is 6.93. The van der Waals surface area contributed by atoms with Crippen molar-refractivity contribution in [3.8, 4) is 0 Å². The van der Waals surface area contributed by atoms with E-state index in [4.69, 9.17) is 4.74 Å². The topological polar surface area (TPSA) is 29.5 Å². The van der Waals surface area contributed by atoms with Crippen molar-refractivity contribution in [3.05, 3.63) is 0 Å². The van der Waals surface area contributed by atoms with Gasteiger partial charge in [-0.3, -0.25) is 9.69 Å². The molecule has 0 bridgehead atoms. The van der Waals surface area contributed by atoms with Gasteiger partial charge < -0.3 is 4.74 Å². The third-order valence-electron chi connectivity index (χ3n) is 3.99. The molecule has 17 heavy (non-hydrogen) atoms. The zero-order valence-corrected chi connectivity index (χ0v) is 11.9. The molecule has 0 aliphatic carbocycles. The zero-order chi connectivity index (χ0) is 13.0. The molecule has 100 valence electrons. The van der Waals surface area contributed by atoms with Crippen LogP contribution in [0, 0.1) is 11.8 Å². The molecule has 0 radical (unpaired) electrons. The van der Waals surface area contributed by atoms with Crippen molar-refractivity contribution in [2.75, 3.05) is 13.2 Å². The molecular formula is C14H27NO2. The number of rotatable bonds is 4. The molecule has 0 saturated carbocycles. The van der Waals surface area contributed by atoms with E-state index in [1.807, 2.05) is 6.92 Å². The largest absolute Gasteiger partial charge is 0.465 e. The zero-order valence-electron chi connectivity index (χ0n) is 11.9. The van der Waals surface area contributed by atoms with Gasteiger partial charge in [0.1, 0.15) is 6.04 Å². The lowest BCUT2D eigenvalue weighted by Gasteiger charge is -2.44. The molecule has 0 amide bonds. The molecule has 0 spiro atoms. The van der Waals surface area contributed by atoms with E-state index in [2.05, 4.69) is 32.6 Å². The second-order valence-corrected chi connectivity index (χ2v) is 5.43. The minimum absolute atomic E-state index is 0.0526. The van der Waals surface area contributed by atoms with Gasteiger partial charge in [0.05, 0.1) is 6.61 Å². The highest BCUT2D eigenvalue weighted by Crippen LogP contribution is 2.29. The quantitative estimate of drug-likeness (QED) is 0.709. The Bertz CT molecular complexity index is 255. The average Bonchev–Trinajstić information content (AvgIpc) is 2.26. The number of likely N-dealkylation sites (tertiary alicyclic amines) is 1. The van der Waals surface area contributed by atoms with Gasteiger partial charge in [-0.2, -0.15) is 0 Å². The Morgan fingerprint density at radius 1 is 1.35 bits per heavy atom. The Morgan fingerprint density at radius 2 is 2.00 bits per heavy atom. The van der Waals surface area contributed by atoms with Crippen LogP contribution in [0.1, 0.15) is 47.5 Å². The highest BCUT2D eigenvalue weighted by Gasteiger charge is 2.36. The van der Waals surface area contributed by atoms with Crippen LogP contribution in [0.4, 0.5) is 0 Å². The number of hydrogen-bond acceptors (Lipinski definition) is 3. The summed E-state index contributed by atoms with van der Waals surface area (Å²) >= 11 is 0. The van der Waals surface area contributed by atoms with E-state index >= 15 is 0 Å². The van der Waals surface area contributed by atoms with Gasteiger partial charge in [-0.25, -0.2) is 0 Å². The first-order valence-electron chi connectivity index (χ1n) is 6.93. The Hall–Kier alpha value is -0.570. The van der Waals surface area contributed by atoms with E-state index in [0.717, 1.165) is 13.0 Å². The molecule has 1 aliphatic rings. The van der Waals surface area contributed by atoms with Gasteiger partial charge in [0, 0.05) is 12.6 Å². The van der Waals surface area contributed by atoms with Crippen LogP contribution in [0.25, 0.3) is 0 Å². The van der Waals surface area contributed by atoms with Crippen molar-refractivity contribution in [2.45, 2.75) is 59.5 Å². The van der Waals surface area contributed by atoms with Gasteiger partial charge >= 0.3 is 5.97 Å². The molecular weight excluding hydrogens is 214 g/mol. The smallest absolute Gasteiger partial charge is 0.323 e. The standard InChI is InChI=1S/C14H27NO2/c1-6-13(14(16)17-7-2)15-9-10(3)8-11(4)12(15)5/h10-13H,6-9H2,1-5H3. The summed E-state index contributed by atoms with van der Waals surface area (Å²) in [6, 6.07) is 0.413. The molecule has 4 atom stereocenters. The van der Waals surface area contributed by atoms with Crippen LogP contribution in [0.2, 0.25) is 0 Å². The summed E-state index contributed by atoms with van der Waals surface area (Å²) in [5.74, 6) is 1.27. The summed E-state index contributed by atoms with van der Waals surface area (Å²) < 4.78 is 5.19. The van der Waals surface area contributed by atoms with Gasteiger partial charge in [-0.15, -0.1) is 0 Å². The second-order valence-electron chi connectivity index (χ2n) is 5.43. The fourth-order valence-corrected chi connectivity index (χ4v) is 2.95. The Balaban J connectivity index is 2.75. The van der Waals surface area contributed by atoms with Crippen LogP contribution in [-0.4, -0.2) is 36.1 Å². The molecule has 1 fully saturated rings. The number of piperidine rings is 1. The van der Waals surface area contributed by atoms with Crippen molar-refractivity contribution in [3.63, 3.8) is 0 Å². The van der Waals surface area contributed by atoms with Crippen molar-refractivity contribution in [2.24, 2.45) is 11.8 Å². The summed E-state index contributed by atoms with van der Waals surface area (Å²) in [7, 11) is 0. The van der Waals surface area contributed by atoms with E-state index < -0.39 is 0 Å². The SMILES string of the molecule is CCOC(=O)C(CC)N1CC(C)CC(C)C1C. The molecule has 0 aromatic rings. The third kappa shape index (κ3) is 3.44. The fraction of sp³-hybridized carbons (Fsp3) is 0.929. The van der Waals surface area contributed by atoms with Crippen LogP contribution in [-0.2, 0) is 9.53 Å². The number of ether oxygens (including phenoxy) is 1. The first-order chi connectivity index (χ1) is 8.01. The lowest BCUT2D eigenvalue weighted by Crippen LogP contribution is -2.53. The summed E-state index contributed by atoms with van der Waals surface area (Å²) in [6.45, 7) is 12.2. The van der Waals surface area contributed by atoms with Crippen LogP contribution < -0.4 is 0 Å². The molecule has 1 rings (SSSR count). The maximum absolute atomic E-state index is 12.0. The van der Waals surface area contributed by atoms with E-state index in [1.54, 1.807) is 0 Å². The van der Waals surface area contributed by atoms with Crippen LogP contribution >= 0.6 is 0 Å². The number of hydrogen-bond donors (Lipinski definition) is 0. The van der Waals surface area contributed by atoms with Gasteiger partial charge in [0.2, 0.25) is 0 Å². The number of nitrogens with zero attached hydrogens (tertiary/aromatic N) is 1. The maximum Gasteiger partial charge on any atom is 0.323 e. The summed E-state index contributed by atoms with van der Waals surface area (Å²) in [6.07, 6.45) is 2.10. The highest BCUT2D eigenvalue weighted by atomic mass is 16.5. The van der Waals surface area contributed by atoms with Crippen molar-refractivity contribution in [1.29, 1.82) is 0 Å². The van der Waals surface area contributed by atoms with Gasteiger partial charge in [-0.05, 0) is 38.5 Å². The molecule has 1 saturated heterocycles. The number of carbonyl (C=O) groups is 1. The van der Waals surface area contributed by atoms with Crippen molar-refractivity contribution >= 4 is 5.97 Å². The van der Waals surface area contributed by atoms with E-state index in [1.165, 1.54) is 6.42 Å². The van der Waals surface area contributed by atoms with Gasteiger partial charge in [-0.1, -0.05) is 20.8 Å². The fourth-order valence-electron chi connectivity index (χ4n) is 2.95. The van der Waals surface area contributed by atoms with E-state index in [0.29, 0.717) is 24.5 Å². The third-order valence-corrected chi connectivity index (χ3v) is 3.99. The predicted octanol–water partition coefficient (Wildman–Crippen LogP) is 2.69.